The number of hydrogen-bond acceptors (Lipinski definition) is 4. The lowest BCUT2D eigenvalue weighted by atomic mass is 9.89. The topological polar surface area (TPSA) is 91.2 Å². The summed E-state index contributed by atoms with van der Waals surface area (Å²) in [7, 11) is 0. The minimum absolute atomic E-state index is 0.193. The maximum absolute atomic E-state index is 12.9. The Morgan fingerprint density at radius 2 is 2.10 bits per heavy atom. The van der Waals surface area contributed by atoms with Crippen molar-refractivity contribution in [1.29, 1.82) is 0 Å². The Morgan fingerprint density at radius 3 is 2.79 bits per heavy atom. The molecule has 29 heavy (non-hydrogen) atoms. The molecule has 2 aromatic rings. The van der Waals surface area contributed by atoms with Crippen LogP contribution >= 0.6 is 0 Å². The van der Waals surface area contributed by atoms with Crippen LogP contribution in [-0.2, 0) is 11.3 Å². The van der Waals surface area contributed by atoms with Gasteiger partial charge in [0.2, 0.25) is 5.91 Å². The largest absolute Gasteiger partial charge is 0.467 e. The zero-order chi connectivity index (χ0) is 19.8. The highest BCUT2D eigenvalue weighted by Gasteiger charge is 2.42. The second kappa shape index (κ2) is 7.54. The molecule has 1 saturated carbocycles. The Kier molecular flexibility index (Phi) is 4.73. The third-order valence-electron chi connectivity index (χ3n) is 6.68. The monoisotopic (exact) mass is 394 g/mol. The number of H-pyrrole nitrogens is 1. The lowest BCUT2D eigenvalue weighted by Gasteiger charge is -2.34. The molecule has 0 radical (unpaired) electrons. The van der Waals surface area contributed by atoms with Crippen LogP contribution in [0.15, 0.2) is 41.0 Å². The Hall–Kier alpha value is -2.83. The Bertz CT molecular complexity index is 908. The summed E-state index contributed by atoms with van der Waals surface area (Å²) in [6.07, 6.45) is 10.1. The lowest BCUT2D eigenvalue weighted by Crippen LogP contribution is -2.42. The van der Waals surface area contributed by atoms with E-state index in [2.05, 4.69) is 27.7 Å². The Balaban J connectivity index is 1.14. The molecule has 2 N–H and O–H groups in total. The first kappa shape index (κ1) is 18.2. The van der Waals surface area contributed by atoms with Crippen molar-refractivity contribution in [3.63, 3.8) is 0 Å². The number of furan rings is 1. The van der Waals surface area contributed by atoms with E-state index in [-0.39, 0.29) is 11.8 Å². The molecule has 0 aromatic carbocycles. The number of allylic oxidation sites excluding steroid dienone is 2. The maximum Gasteiger partial charge on any atom is 0.272 e. The van der Waals surface area contributed by atoms with Crippen LogP contribution in [-0.4, -0.2) is 40.0 Å². The van der Waals surface area contributed by atoms with Gasteiger partial charge in [-0.15, -0.1) is 0 Å². The number of hydrogen-bond donors (Lipinski definition) is 2. The van der Waals surface area contributed by atoms with Gasteiger partial charge in [-0.3, -0.25) is 14.7 Å². The molecule has 2 bridgehead atoms. The van der Waals surface area contributed by atoms with Gasteiger partial charge in [-0.25, -0.2) is 0 Å². The van der Waals surface area contributed by atoms with Crippen molar-refractivity contribution in [2.45, 2.75) is 38.1 Å². The van der Waals surface area contributed by atoms with E-state index in [9.17, 15) is 9.59 Å². The minimum atomic E-state index is -0.221. The summed E-state index contributed by atoms with van der Waals surface area (Å²) in [6, 6.07) is 5.44. The summed E-state index contributed by atoms with van der Waals surface area (Å²) in [4.78, 5) is 27.2. The number of carbonyl (C=O) groups excluding carboxylic acids is 2. The van der Waals surface area contributed by atoms with Gasteiger partial charge in [0.05, 0.1) is 12.8 Å². The fraction of sp³-hybridized carbons (Fsp3) is 0.500. The highest BCUT2D eigenvalue weighted by atomic mass is 16.3. The van der Waals surface area contributed by atoms with E-state index in [0.29, 0.717) is 41.7 Å². The number of nitrogens with one attached hydrogen (secondary N) is 2. The average Bonchev–Trinajstić information content (AvgIpc) is 3.55. The second-order valence-electron chi connectivity index (χ2n) is 8.46. The van der Waals surface area contributed by atoms with Gasteiger partial charge in [0.25, 0.3) is 5.91 Å². The lowest BCUT2D eigenvalue weighted by molar-refractivity contribution is -0.137. The fourth-order valence-electron chi connectivity index (χ4n) is 5.04. The van der Waals surface area contributed by atoms with Crippen LogP contribution in [0.25, 0.3) is 0 Å². The minimum Gasteiger partial charge on any atom is -0.467 e. The van der Waals surface area contributed by atoms with Crippen LogP contribution in [0.1, 0.15) is 53.5 Å². The molecule has 3 unspecified atom stereocenters. The van der Waals surface area contributed by atoms with Crippen molar-refractivity contribution in [1.82, 2.24) is 20.4 Å². The number of amides is 2. The van der Waals surface area contributed by atoms with E-state index >= 15 is 0 Å². The number of carbonyl (C=O) groups is 2. The standard InChI is InChI=1S/C22H26N4O3/c27-21(23-13-17-2-1-9-29-17)20-12-19(24-25-20)15-5-7-26(8-6-15)22(28)18-11-14-3-4-16(18)10-14/h1-4,9,12,14-16,18H,5-8,10-11,13H2,(H,23,27)(H,24,25). The molecule has 2 aromatic heterocycles. The van der Waals surface area contributed by atoms with Gasteiger partial charge in [-0.05, 0) is 55.7 Å². The van der Waals surface area contributed by atoms with E-state index in [0.717, 1.165) is 44.5 Å². The SMILES string of the molecule is O=C(NCc1ccco1)c1cc(C2CCN(C(=O)C3CC4C=CC3C4)CC2)[nH]n1. The van der Waals surface area contributed by atoms with Crippen molar-refractivity contribution >= 4 is 11.8 Å². The molecule has 152 valence electrons. The van der Waals surface area contributed by atoms with Crippen LogP contribution in [0.4, 0.5) is 0 Å². The van der Waals surface area contributed by atoms with E-state index in [1.807, 2.05) is 17.0 Å². The number of piperidine rings is 1. The number of aromatic amines is 1. The highest BCUT2D eigenvalue weighted by molar-refractivity contribution is 5.92. The van der Waals surface area contributed by atoms with Gasteiger partial charge >= 0.3 is 0 Å². The molecule has 5 rings (SSSR count). The predicted octanol–water partition coefficient (Wildman–Crippen LogP) is 2.85. The van der Waals surface area contributed by atoms with Gasteiger partial charge < -0.3 is 14.6 Å². The zero-order valence-corrected chi connectivity index (χ0v) is 16.3. The van der Waals surface area contributed by atoms with E-state index < -0.39 is 0 Å². The highest BCUT2D eigenvalue weighted by Crippen LogP contribution is 2.44. The third kappa shape index (κ3) is 3.61. The van der Waals surface area contributed by atoms with Gasteiger partial charge in [-0.2, -0.15) is 5.10 Å². The molecular weight excluding hydrogens is 368 g/mol. The summed E-state index contributed by atoms with van der Waals surface area (Å²) in [5.74, 6) is 2.39. The molecule has 3 atom stereocenters. The van der Waals surface area contributed by atoms with Gasteiger partial charge in [0.1, 0.15) is 11.5 Å². The van der Waals surface area contributed by atoms with Crippen LogP contribution in [0, 0.1) is 17.8 Å². The normalized spacial score (nSPS) is 26.2. The second-order valence-corrected chi connectivity index (χ2v) is 8.46. The summed E-state index contributed by atoms with van der Waals surface area (Å²) < 4.78 is 5.22. The van der Waals surface area contributed by atoms with E-state index in [4.69, 9.17) is 4.42 Å². The Morgan fingerprint density at radius 1 is 1.24 bits per heavy atom. The summed E-state index contributed by atoms with van der Waals surface area (Å²) >= 11 is 0. The third-order valence-corrected chi connectivity index (χ3v) is 6.68. The molecule has 3 aliphatic rings. The number of fused-ring (bicyclic) bond motifs is 2. The van der Waals surface area contributed by atoms with E-state index in [1.54, 1.807) is 12.3 Å². The van der Waals surface area contributed by atoms with Crippen LogP contribution in [0.5, 0.6) is 0 Å². The van der Waals surface area contributed by atoms with Gasteiger partial charge in [-0.1, -0.05) is 12.2 Å². The molecule has 2 amide bonds. The number of aromatic nitrogens is 2. The number of rotatable bonds is 5. The van der Waals surface area contributed by atoms with Crippen molar-refractivity contribution in [3.05, 3.63) is 53.8 Å². The molecule has 7 heteroatoms. The molecule has 7 nitrogen and oxygen atoms in total. The quantitative estimate of drug-likeness (QED) is 0.763. The molecule has 1 saturated heterocycles. The molecular formula is C22H26N4O3. The smallest absolute Gasteiger partial charge is 0.272 e. The molecule has 2 fully saturated rings. The molecule has 3 heterocycles. The van der Waals surface area contributed by atoms with Gasteiger partial charge in [0.15, 0.2) is 0 Å². The van der Waals surface area contributed by atoms with Crippen LogP contribution in [0.3, 0.4) is 0 Å². The van der Waals surface area contributed by atoms with Gasteiger partial charge in [0, 0.05) is 30.6 Å². The maximum atomic E-state index is 12.9. The summed E-state index contributed by atoms with van der Waals surface area (Å²) in [5, 5.41) is 10.0. The first-order valence-corrected chi connectivity index (χ1v) is 10.5. The van der Waals surface area contributed by atoms with Crippen molar-refractivity contribution in [3.8, 4) is 0 Å². The van der Waals surface area contributed by atoms with Crippen molar-refractivity contribution in [2.24, 2.45) is 17.8 Å². The molecule has 1 aliphatic heterocycles. The van der Waals surface area contributed by atoms with Crippen molar-refractivity contribution < 1.29 is 14.0 Å². The molecule has 2 aliphatic carbocycles. The fourth-order valence-corrected chi connectivity index (χ4v) is 5.04. The first-order valence-electron chi connectivity index (χ1n) is 10.5. The Labute approximate surface area is 169 Å². The summed E-state index contributed by atoms with van der Waals surface area (Å²) in [5.41, 5.74) is 1.36. The average molecular weight is 394 g/mol. The van der Waals surface area contributed by atoms with E-state index in [1.165, 1.54) is 0 Å². The summed E-state index contributed by atoms with van der Waals surface area (Å²) in [6.45, 7) is 1.90. The molecule has 0 spiro atoms. The van der Waals surface area contributed by atoms with Crippen LogP contribution in [0.2, 0.25) is 0 Å². The zero-order valence-electron chi connectivity index (χ0n) is 16.3. The first-order chi connectivity index (χ1) is 14.2. The predicted molar refractivity (Wildman–Crippen MR) is 106 cm³/mol. The number of likely N-dealkylation sites (tertiary alicyclic amines) is 1. The van der Waals surface area contributed by atoms with Crippen LogP contribution < -0.4 is 5.32 Å². The number of nitrogens with zero attached hydrogens (tertiary/aromatic N) is 2. The van der Waals surface area contributed by atoms with Crippen molar-refractivity contribution in [2.75, 3.05) is 13.1 Å².